The molecule has 1 N–H and O–H groups in total. The van der Waals surface area contributed by atoms with E-state index < -0.39 is 5.91 Å². The molecule has 0 spiro atoms. The molecule has 0 bridgehead atoms. The number of ether oxygens (including phenoxy) is 2. The fourth-order valence-electron chi connectivity index (χ4n) is 1.58. The van der Waals surface area contributed by atoms with Gasteiger partial charge in [0.25, 0.3) is 5.91 Å². The van der Waals surface area contributed by atoms with Crippen LogP contribution in [0.5, 0.6) is 11.5 Å². The van der Waals surface area contributed by atoms with Gasteiger partial charge in [-0.25, -0.2) is 9.82 Å². The predicted molar refractivity (Wildman–Crippen MR) is 80.6 cm³/mol. The fraction of sp³-hybridized carbons (Fsp3) is 0.125. The zero-order chi connectivity index (χ0) is 15.8. The molecule has 0 radical (unpaired) electrons. The molecule has 114 valence electrons. The van der Waals surface area contributed by atoms with E-state index in [-0.39, 0.29) is 12.4 Å². The van der Waals surface area contributed by atoms with E-state index in [0.717, 1.165) is 0 Å². The normalized spacial score (nSPS) is 10.5. The maximum atomic E-state index is 12.7. The number of hydrogen-bond acceptors (Lipinski definition) is 4. The van der Waals surface area contributed by atoms with Gasteiger partial charge < -0.3 is 9.47 Å². The Bertz CT molecular complexity index is 639. The molecular formula is C16H15FN2O3. The molecule has 0 aliphatic heterocycles. The van der Waals surface area contributed by atoms with Gasteiger partial charge >= 0.3 is 0 Å². The van der Waals surface area contributed by atoms with E-state index in [2.05, 4.69) is 10.5 Å². The molecule has 0 aliphatic rings. The number of rotatable bonds is 6. The smallest absolute Gasteiger partial charge is 0.277 e. The van der Waals surface area contributed by atoms with Crippen molar-refractivity contribution in [2.24, 2.45) is 5.10 Å². The van der Waals surface area contributed by atoms with Gasteiger partial charge in [0.05, 0.1) is 13.3 Å². The predicted octanol–water partition coefficient (Wildman–Crippen LogP) is 2.36. The van der Waals surface area contributed by atoms with Crippen molar-refractivity contribution >= 4 is 12.1 Å². The van der Waals surface area contributed by atoms with Crippen LogP contribution in [0.4, 0.5) is 4.39 Å². The maximum Gasteiger partial charge on any atom is 0.277 e. The van der Waals surface area contributed by atoms with Gasteiger partial charge in [0.1, 0.15) is 17.3 Å². The number of nitrogens with one attached hydrogen (secondary N) is 1. The first-order valence-corrected chi connectivity index (χ1v) is 6.52. The van der Waals surface area contributed by atoms with Crippen LogP contribution in [0.2, 0.25) is 0 Å². The number of halogens is 1. The Labute approximate surface area is 127 Å². The Hall–Kier alpha value is -2.89. The van der Waals surface area contributed by atoms with Crippen LogP contribution in [-0.4, -0.2) is 25.8 Å². The van der Waals surface area contributed by atoms with Gasteiger partial charge in [-0.05, 0) is 42.0 Å². The van der Waals surface area contributed by atoms with Gasteiger partial charge in [0.2, 0.25) is 0 Å². The molecule has 2 aromatic rings. The van der Waals surface area contributed by atoms with Crippen molar-refractivity contribution in [1.29, 1.82) is 0 Å². The summed E-state index contributed by atoms with van der Waals surface area (Å²) in [6, 6.07) is 12.6. The van der Waals surface area contributed by atoms with Crippen LogP contribution in [0.25, 0.3) is 0 Å². The summed E-state index contributed by atoms with van der Waals surface area (Å²) in [6.45, 7) is -0.160. The molecule has 0 atom stereocenters. The number of benzene rings is 2. The molecule has 0 aliphatic carbocycles. The third kappa shape index (κ3) is 4.90. The second kappa shape index (κ2) is 7.78. The third-order valence-electron chi connectivity index (χ3n) is 2.70. The number of carbonyl (C=O) groups excluding carboxylic acids is 1. The lowest BCUT2D eigenvalue weighted by Crippen LogP contribution is -2.24. The summed E-state index contributed by atoms with van der Waals surface area (Å²) in [4.78, 5) is 11.5. The molecule has 2 rings (SSSR count). The van der Waals surface area contributed by atoms with Crippen LogP contribution in [0.1, 0.15) is 5.56 Å². The Morgan fingerprint density at radius 1 is 1.14 bits per heavy atom. The minimum atomic E-state index is -0.394. The molecule has 2 aromatic carbocycles. The zero-order valence-electron chi connectivity index (χ0n) is 12.0. The summed E-state index contributed by atoms with van der Waals surface area (Å²) in [7, 11) is 1.57. The minimum absolute atomic E-state index is 0.160. The summed E-state index contributed by atoms with van der Waals surface area (Å²) in [5.41, 5.74) is 3.00. The van der Waals surface area contributed by atoms with E-state index >= 15 is 0 Å². The number of amides is 1. The van der Waals surface area contributed by atoms with E-state index in [4.69, 9.17) is 9.47 Å². The van der Waals surface area contributed by atoms with Crippen molar-refractivity contribution in [3.8, 4) is 11.5 Å². The maximum absolute atomic E-state index is 12.7. The van der Waals surface area contributed by atoms with Crippen molar-refractivity contribution < 1.29 is 18.7 Å². The average Bonchev–Trinajstić information content (AvgIpc) is 2.55. The minimum Gasteiger partial charge on any atom is -0.497 e. The second-order valence-corrected chi connectivity index (χ2v) is 4.31. The molecule has 0 heterocycles. The zero-order valence-corrected chi connectivity index (χ0v) is 12.0. The van der Waals surface area contributed by atoms with E-state index in [1.54, 1.807) is 43.5 Å². The van der Waals surface area contributed by atoms with Gasteiger partial charge in [-0.2, -0.15) is 5.10 Å². The SMILES string of the molecule is COc1ccc(OCC(=O)N/N=C/c2ccc(F)cc2)cc1. The highest BCUT2D eigenvalue weighted by Crippen LogP contribution is 2.16. The Morgan fingerprint density at radius 3 is 2.41 bits per heavy atom. The molecule has 0 aromatic heterocycles. The largest absolute Gasteiger partial charge is 0.497 e. The first kappa shape index (κ1) is 15.5. The number of carbonyl (C=O) groups is 1. The molecule has 5 nitrogen and oxygen atoms in total. The molecule has 0 fully saturated rings. The number of hydrogen-bond donors (Lipinski definition) is 1. The van der Waals surface area contributed by atoms with Crippen LogP contribution in [0, 0.1) is 5.82 Å². The van der Waals surface area contributed by atoms with Crippen LogP contribution in [0.15, 0.2) is 53.6 Å². The average molecular weight is 302 g/mol. The highest BCUT2D eigenvalue weighted by atomic mass is 19.1. The molecule has 22 heavy (non-hydrogen) atoms. The van der Waals surface area contributed by atoms with Crippen LogP contribution in [0.3, 0.4) is 0 Å². The summed E-state index contributed by atoms with van der Waals surface area (Å²) in [5.74, 6) is 0.544. The summed E-state index contributed by atoms with van der Waals surface area (Å²) in [6.07, 6.45) is 1.42. The van der Waals surface area contributed by atoms with Crippen LogP contribution < -0.4 is 14.9 Å². The van der Waals surface area contributed by atoms with Gasteiger partial charge in [0.15, 0.2) is 6.61 Å². The van der Waals surface area contributed by atoms with E-state index in [0.29, 0.717) is 17.1 Å². The molecule has 0 unspecified atom stereocenters. The topological polar surface area (TPSA) is 59.9 Å². The van der Waals surface area contributed by atoms with Crippen molar-refractivity contribution in [3.63, 3.8) is 0 Å². The van der Waals surface area contributed by atoms with Gasteiger partial charge in [-0.15, -0.1) is 0 Å². The number of methoxy groups -OCH3 is 1. The summed E-state index contributed by atoms with van der Waals surface area (Å²) >= 11 is 0. The number of hydrazone groups is 1. The first-order chi connectivity index (χ1) is 10.7. The van der Waals surface area contributed by atoms with Crippen molar-refractivity contribution in [3.05, 3.63) is 59.9 Å². The molecule has 0 saturated heterocycles. The van der Waals surface area contributed by atoms with Gasteiger partial charge in [-0.3, -0.25) is 4.79 Å². The van der Waals surface area contributed by atoms with Crippen LogP contribution in [-0.2, 0) is 4.79 Å². The summed E-state index contributed by atoms with van der Waals surface area (Å²) < 4.78 is 23.0. The Kier molecular flexibility index (Phi) is 5.48. The lowest BCUT2D eigenvalue weighted by molar-refractivity contribution is -0.123. The summed E-state index contributed by atoms with van der Waals surface area (Å²) in [5, 5.41) is 3.76. The van der Waals surface area contributed by atoms with Crippen LogP contribution >= 0.6 is 0 Å². The van der Waals surface area contributed by atoms with Gasteiger partial charge in [-0.1, -0.05) is 12.1 Å². The molecule has 6 heteroatoms. The highest BCUT2D eigenvalue weighted by molar-refractivity contribution is 5.82. The standard InChI is InChI=1S/C16H15FN2O3/c1-21-14-6-8-15(9-7-14)22-11-16(20)19-18-10-12-2-4-13(17)5-3-12/h2-10H,11H2,1H3,(H,19,20)/b18-10+. The highest BCUT2D eigenvalue weighted by Gasteiger charge is 2.01. The second-order valence-electron chi connectivity index (χ2n) is 4.31. The molecular weight excluding hydrogens is 287 g/mol. The Balaban J connectivity index is 1.76. The lowest BCUT2D eigenvalue weighted by atomic mass is 10.2. The molecule has 1 amide bonds. The van der Waals surface area contributed by atoms with Crippen molar-refractivity contribution in [1.82, 2.24) is 5.43 Å². The fourth-order valence-corrected chi connectivity index (χ4v) is 1.58. The first-order valence-electron chi connectivity index (χ1n) is 6.52. The monoisotopic (exact) mass is 302 g/mol. The quantitative estimate of drug-likeness (QED) is 0.658. The van der Waals surface area contributed by atoms with E-state index in [1.807, 2.05) is 0 Å². The van der Waals surface area contributed by atoms with Gasteiger partial charge in [0, 0.05) is 0 Å². The number of nitrogens with zero attached hydrogens (tertiary/aromatic N) is 1. The Morgan fingerprint density at radius 2 is 1.77 bits per heavy atom. The van der Waals surface area contributed by atoms with Crippen molar-refractivity contribution in [2.75, 3.05) is 13.7 Å². The third-order valence-corrected chi connectivity index (χ3v) is 2.70. The van der Waals surface area contributed by atoms with Crippen molar-refractivity contribution in [2.45, 2.75) is 0 Å². The van der Waals surface area contributed by atoms with E-state index in [1.165, 1.54) is 18.3 Å². The lowest BCUT2D eigenvalue weighted by Gasteiger charge is -2.05. The van der Waals surface area contributed by atoms with E-state index in [9.17, 15) is 9.18 Å². The molecule has 0 saturated carbocycles.